The first kappa shape index (κ1) is 14.8. The fourth-order valence-corrected chi connectivity index (χ4v) is 1.95. The molecule has 6 heteroatoms. The molecule has 0 aliphatic rings. The van der Waals surface area contributed by atoms with Crippen molar-refractivity contribution in [2.75, 3.05) is 19.5 Å². The molecule has 1 atom stereocenters. The summed E-state index contributed by atoms with van der Waals surface area (Å²) in [5.74, 6) is 0.634. The lowest BCUT2D eigenvalue weighted by Crippen LogP contribution is -2.06. The molecule has 1 heterocycles. The van der Waals surface area contributed by atoms with Crippen molar-refractivity contribution in [3.8, 4) is 11.5 Å². The average Bonchev–Trinajstić information content (AvgIpc) is 2.97. The van der Waals surface area contributed by atoms with Crippen LogP contribution in [-0.2, 0) is 0 Å². The molecule has 0 amide bonds. The Balaban J connectivity index is 2.14. The van der Waals surface area contributed by atoms with Crippen LogP contribution in [0.5, 0.6) is 11.5 Å². The fraction of sp³-hybridized carbons (Fsp3) is 0.267. The van der Waals surface area contributed by atoms with Crippen molar-refractivity contribution in [2.24, 2.45) is 0 Å². The van der Waals surface area contributed by atoms with Gasteiger partial charge in [0.1, 0.15) is 5.76 Å². The van der Waals surface area contributed by atoms with Gasteiger partial charge in [-0.15, -0.1) is 0 Å². The van der Waals surface area contributed by atoms with E-state index in [0.29, 0.717) is 17.3 Å². The summed E-state index contributed by atoms with van der Waals surface area (Å²) in [7, 11) is 3.14. The van der Waals surface area contributed by atoms with Crippen molar-refractivity contribution < 1.29 is 23.8 Å². The Morgan fingerprint density at radius 3 is 2.48 bits per heavy atom. The number of hydrogen-bond acceptors (Lipinski definition) is 5. The minimum atomic E-state index is -1.08. The SMILES string of the molecule is COc1ccc(NC(C)c2ccc(C(=O)O)o2)cc1OC. The van der Waals surface area contributed by atoms with Crippen molar-refractivity contribution in [2.45, 2.75) is 13.0 Å². The number of carbonyl (C=O) groups is 1. The predicted molar refractivity (Wildman–Crippen MR) is 77.3 cm³/mol. The van der Waals surface area contributed by atoms with Gasteiger partial charge in [-0.2, -0.15) is 0 Å². The molecule has 2 N–H and O–H groups in total. The highest BCUT2D eigenvalue weighted by molar-refractivity contribution is 5.84. The number of anilines is 1. The number of ether oxygens (including phenoxy) is 2. The number of nitrogens with one attached hydrogen (secondary N) is 1. The van der Waals surface area contributed by atoms with Crippen LogP contribution in [0.3, 0.4) is 0 Å². The van der Waals surface area contributed by atoms with Crippen LogP contribution < -0.4 is 14.8 Å². The Morgan fingerprint density at radius 1 is 1.19 bits per heavy atom. The molecule has 0 saturated carbocycles. The highest BCUT2D eigenvalue weighted by Crippen LogP contribution is 2.31. The molecule has 1 aromatic carbocycles. The van der Waals surface area contributed by atoms with Crippen LogP contribution in [0.25, 0.3) is 0 Å². The van der Waals surface area contributed by atoms with Crippen LogP contribution in [0.4, 0.5) is 5.69 Å². The Kier molecular flexibility index (Phi) is 4.37. The van der Waals surface area contributed by atoms with E-state index in [0.717, 1.165) is 5.69 Å². The minimum Gasteiger partial charge on any atom is -0.493 e. The monoisotopic (exact) mass is 291 g/mol. The van der Waals surface area contributed by atoms with Gasteiger partial charge in [0.05, 0.1) is 20.3 Å². The van der Waals surface area contributed by atoms with Crippen LogP contribution in [-0.4, -0.2) is 25.3 Å². The summed E-state index contributed by atoms with van der Waals surface area (Å²) in [6, 6.07) is 8.33. The molecule has 1 aromatic heterocycles. The van der Waals surface area contributed by atoms with E-state index < -0.39 is 5.97 Å². The van der Waals surface area contributed by atoms with Gasteiger partial charge in [-0.25, -0.2) is 4.79 Å². The maximum absolute atomic E-state index is 10.8. The third-order valence-electron chi connectivity index (χ3n) is 3.03. The number of furan rings is 1. The Bertz CT molecular complexity index is 635. The van der Waals surface area contributed by atoms with Gasteiger partial charge < -0.3 is 24.3 Å². The Morgan fingerprint density at radius 2 is 1.90 bits per heavy atom. The van der Waals surface area contributed by atoms with Gasteiger partial charge in [0, 0.05) is 11.8 Å². The minimum absolute atomic E-state index is 0.0778. The van der Waals surface area contributed by atoms with Crippen LogP contribution in [0.15, 0.2) is 34.7 Å². The summed E-state index contributed by atoms with van der Waals surface area (Å²) in [6.07, 6.45) is 0. The summed E-state index contributed by atoms with van der Waals surface area (Å²) in [5, 5.41) is 12.1. The molecular weight excluding hydrogens is 274 g/mol. The van der Waals surface area contributed by atoms with E-state index in [2.05, 4.69) is 5.32 Å². The molecule has 1 unspecified atom stereocenters. The highest BCUT2D eigenvalue weighted by Gasteiger charge is 2.14. The van der Waals surface area contributed by atoms with Crippen LogP contribution in [0.2, 0.25) is 0 Å². The summed E-state index contributed by atoms with van der Waals surface area (Å²) in [6.45, 7) is 1.88. The maximum Gasteiger partial charge on any atom is 0.371 e. The summed E-state index contributed by atoms with van der Waals surface area (Å²) in [5.41, 5.74) is 0.813. The largest absolute Gasteiger partial charge is 0.493 e. The second-order valence-electron chi connectivity index (χ2n) is 4.44. The van der Waals surface area contributed by atoms with Gasteiger partial charge >= 0.3 is 5.97 Å². The zero-order valence-electron chi connectivity index (χ0n) is 12.0. The number of carboxylic acid groups (broad SMARTS) is 1. The topological polar surface area (TPSA) is 80.9 Å². The standard InChI is InChI=1S/C15H17NO5/c1-9(11-6-7-13(21-11)15(17)18)16-10-4-5-12(19-2)14(8-10)20-3/h4-9,16H,1-3H3,(H,17,18). The third kappa shape index (κ3) is 3.28. The summed E-state index contributed by atoms with van der Waals surface area (Å²) in [4.78, 5) is 10.8. The van der Waals surface area contributed by atoms with Crippen molar-refractivity contribution in [1.29, 1.82) is 0 Å². The lowest BCUT2D eigenvalue weighted by Gasteiger charge is -2.15. The predicted octanol–water partition coefficient (Wildman–Crippen LogP) is 3.17. The fourth-order valence-electron chi connectivity index (χ4n) is 1.95. The highest BCUT2D eigenvalue weighted by atomic mass is 16.5. The molecule has 112 valence electrons. The molecule has 0 aliphatic carbocycles. The van der Waals surface area contributed by atoms with Gasteiger partial charge in [0.25, 0.3) is 0 Å². The van der Waals surface area contributed by atoms with Crippen LogP contribution >= 0.6 is 0 Å². The van der Waals surface area contributed by atoms with E-state index in [4.69, 9.17) is 19.0 Å². The van der Waals surface area contributed by atoms with Crippen LogP contribution in [0.1, 0.15) is 29.3 Å². The van der Waals surface area contributed by atoms with E-state index in [1.54, 1.807) is 32.4 Å². The van der Waals surface area contributed by atoms with Crippen LogP contribution in [0, 0.1) is 0 Å². The molecule has 2 aromatic rings. The van der Waals surface area contributed by atoms with Gasteiger partial charge in [-0.3, -0.25) is 0 Å². The molecule has 0 bridgehead atoms. The molecule has 2 rings (SSSR count). The smallest absolute Gasteiger partial charge is 0.371 e. The molecule has 0 saturated heterocycles. The second-order valence-corrected chi connectivity index (χ2v) is 4.44. The lowest BCUT2D eigenvalue weighted by molar-refractivity contribution is 0.0660. The van der Waals surface area contributed by atoms with Crippen molar-refractivity contribution in [1.82, 2.24) is 0 Å². The molecule has 6 nitrogen and oxygen atoms in total. The first-order chi connectivity index (χ1) is 10.0. The normalized spacial score (nSPS) is 11.8. The second kappa shape index (κ2) is 6.21. The van der Waals surface area contributed by atoms with Gasteiger partial charge in [0.15, 0.2) is 11.5 Å². The molecular formula is C15H17NO5. The molecule has 0 fully saturated rings. The number of hydrogen-bond donors (Lipinski definition) is 2. The third-order valence-corrected chi connectivity index (χ3v) is 3.03. The van der Waals surface area contributed by atoms with Crippen molar-refractivity contribution in [3.63, 3.8) is 0 Å². The molecule has 21 heavy (non-hydrogen) atoms. The van der Waals surface area contributed by atoms with Crippen molar-refractivity contribution in [3.05, 3.63) is 41.9 Å². The van der Waals surface area contributed by atoms with E-state index in [-0.39, 0.29) is 11.8 Å². The number of methoxy groups -OCH3 is 2. The quantitative estimate of drug-likeness (QED) is 0.850. The first-order valence-corrected chi connectivity index (χ1v) is 6.36. The Labute approximate surface area is 122 Å². The van der Waals surface area contributed by atoms with Gasteiger partial charge in [0.2, 0.25) is 5.76 Å². The zero-order valence-corrected chi connectivity index (χ0v) is 12.0. The van der Waals surface area contributed by atoms with Gasteiger partial charge in [-0.05, 0) is 31.2 Å². The van der Waals surface area contributed by atoms with Gasteiger partial charge in [-0.1, -0.05) is 0 Å². The number of carboxylic acids is 1. The lowest BCUT2D eigenvalue weighted by atomic mass is 10.2. The average molecular weight is 291 g/mol. The molecule has 0 radical (unpaired) electrons. The van der Waals surface area contributed by atoms with E-state index >= 15 is 0 Å². The molecule has 0 aliphatic heterocycles. The number of aromatic carboxylic acids is 1. The number of rotatable bonds is 6. The van der Waals surface area contributed by atoms with Crippen molar-refractivity contribution >= 4 is 11.7 Å². The summed E-state index contributed by atoms with van der Waals surface area (Å²) >= 11 is 0. The van der Waals surface area contributed by atoms with E-state index in [9.17, 15) is 4.79 Å². The van der Waals surface area contributed by atoms with E-state index in [1.807, 2.05) is 13.0 Å². The Hall–Kier alpha value is -2.63. The summed E-state index contributed by atoms with van der Waals surface area (Å²) < 4.78 is 15.7. The zero-order chi connectivity index (χ0) is 15.4. The number of benzene rings is 1. The van der Waals surface area contributed by atoms with E-state index in [1.165, 1.54) is 6.07 Å². The molecule has 0 spiro atoms. The maximum atomic E-state index is 10.8. The first-order valence-electron chi connectivity index (χ1n) is 6.36.